The van der Waals surface area contributed by atoms with E-state index in [1.165, 1.54) is 16.1 Å². The molecule has 1 aromatic rings. The first-order valence-corrected chi connectivity index (χ1v) is 5.33. The van der Waals surface area contributed by atoms with Crippen LogP contribution in [-0.2, 0) is 11.3 Å². The number of aromatic nitrogens is 2. The second-order valence-electron chi connectivity index (χ2n) is 4.16. The molecule has 2 rings (SSSR count). The predicted molar refractivity (Wildman–Crippen MR) is 60.6 cm³/mol. The minimum atomic E-state index is -0.329. The van der Waals surface area contributed by atoms with E-state index in [2.05, 4.69) is 16.5 Å². The highest BCUT2D eigenvalue weighted by atomic mass is 16.2. The van der Waals surface area contributed by atoms with Gasteiger partial charge in [0.1, 0.15) is 5.70 Å². The van der Waals surface area contributed by atoms with Gasteiger partial charge >= 0.3 is 6.03 Å². The molecule has 0 saturated carbocycles. The van der Waals surface area contributed by atoms with Gasteiger partial charge in [0.25, 0.3) is 5.91 Å². The monoisotopic (exact) mass is 234 g/mol. The van der Waals surface area contributed by atoms with E-state index in [1.807, 2.05) is 0 Å². The number of imide groups is 1. The number of amides is 3. The van der Waals surface area contributed by atoms with Gasteiger partial charge in [-0.2, -0.15) is 0 Å². The Bertz CT molecular complexity index is 464. The van der Waals surface area contributed by atoms with Crippen molar-refractivity contribution in [2.45, 2.75) is 26.4 Å². The fourth-order valence-electron chi connectivity index (χ4n) is 1.75. The average molecular weight is 234 g/mol. The number of aromatic amines is 1. The van der Waals surface area contributed by atoms with Crippen molar-refractivity contribution in [3.8, 4) is 0 Å². The van der Waals surface area contributed by atoms with Gasteiger partial charge in [0.05, 0.1) is 18.6 Å². The summed E-state index contributed by atoms with van der Waals surface area (Å²) >= 11 is 0. The molecule has 1 aliphatic heterocycles. The Morgan fingerprint density at radius 3 is 2.65 bits per heavy atom. The summed E-state index contributed by atoms with van der Waals surface area (Å²) in [6.45, 7) is 7.53. The molecule has 90 valence electrons. The summed E-state index contributed by atoms with van der Waals surface area (Å²) in [6, 6.07) is -0.497. The Labute approximate surface area is 98.9 Å². The zero-order valence-corrected chi connectivity index (χ0v) is 9.80. The van der Waals surface area contributed by atoms with Crippen LogP contribution in [0.4, 0.5) is 4.79 Å². The number of urea groups is 1. The quantitative estimate of drug-likeness (QED) is 0.629. The van der Waals surface area contributed by atoms with Gasteiger partial charge in [-0.15, -0.1) is 0 Å². The molecule has 1 aliphatic rings. The standard InChI is InChI=1S/C11H14N4O2/c1-7(2)15-10(16)8(3)14(11(15)17)5-9-4-12-6-13-9/h4,6-7H,3,5H2,1-2H3,(H,12,13). The van der Waals surface area contributed by atoms with Crippen molar-refractivity contribution in [2.75, 3.05) is 0 Å². The highest BCUT2D eigenvalue weighted by molar-refractivity contribution is 6.11. The SMILES string of the molecule is C=C1C(=O)N(C(C)C)C(=O)N1Cc1cnc[nH]1. The lowest BCUT2D eigenvalue weighted by Crippen LogP contribution is -2.37. The molecule has 1 aromatic heterocycles. The third-order valence-electron chi connectivity index (χ3n) is 2.63. The number of hydrogen-bond donors (Lipinski definition) is 1. The van der Waals surface area contributed by atoms with Crippen LogP contribution < -0.4 is 0 Å². The first kappa shape index (κ1) is 11.4. The van der Waals surface area contributed by atoms with E-state index in [4.69, 9.17) is 0 Å². The molecule has 1 saturated heterocycles. The number of nitrogens with zero attached hydrogens (tertiary/aromatic N) is 3. The van der Waals surface area contributed by atoms with Crippen LogP contribution in [0.5, 0.6) is 0 Å². The molecular formula is C11H14N4O2. The summed E-state index contributed by atoms with van der Waals surface area (Å²) in [5.41, 5.74) is 0.969. The van der Waals surface area contributed by atoms with Crippen molar-refractivity contribution in [2.24, 2.45) is 0 Å². The number of rotatable bonds is 3. The highest BCUT2D eigenvalue weighted by Gasteiger charge is 2.41. The van der Waals surface area contributed by atoms with Gasteiger partial charge in [-0.1, -0.05) is 6.58 Å². The Kier molecular flexibility index (Phi) is 2.71. The number of hydrogen-bond acceptors (Lipinski definition) is 3. The number of carbonyl (C=O) groups is 2. The van der Waals surface area contributed by atoms with Gasteiger partial charge in [-0.25, -0.2) is 9.78 Å². The number of imidazole rings is 1. The van der Waals surface area contributed by atoms with Crippen molar-refractivity contribution in [1.29, 1.82) is 0 Å². The maximum Gasteiger partial charge on any atom is 0.332 e. The molecule has 0 atom stereocenters. The Hall–Kier alpha value is -2.11. The van der Waals surface area contributed by atoms with Crippen LogP contribution in [0.15, 0.2) is 24.8 Å². The summed E-state index contributed by atoms with van der Waals surface area (Å²) < 4.78 is 0. The third-order valence-corrected chi connectivity index (χ3v) is 2.63. The van der Waals surface area contributed by atoms with E-state index in [0.29, 0.717) is 0 Å². The fraction of sp³-hybridized carbons (Fsp3) is 0.364. The van der Waals surface area contributed by atoms with Crippen LogP contribution in [0.1, 0.15) is 19.5 Å². The van der Waals surface area contributed by atoms with Crippen LogP contribution in [-0.4, -0.2) is 37.7 Å². The largest absolute Gasteiger partial charge is 0.347 e. The molecule has 2 heterocycles. The summed E-state index contributed by atoms with van der Waals surface area (Å²) in [5.74, 6) is -0.329. The van der Waals surface area contributed by atoms with E-state index >= 15 is 0 Å². The van der Waals surface area contributed by atoms with E-state index < -0.39 is 0 Å². The molecule has 6 heteroatoms. The zero-order valence-electron chi connectivity index (χ0n) is 9.80. The van der Waals surface area contributed by atoms with Gasteiger partial charge in [0, 0.05) is 12.2 Å². The van der Waals surface area contributed by atoms with Crippen LogP contribution in [0.25, 0.3) is 0 Å². The van der Waals surface area contributed by atoms with Crippen LogP contribution in [0.2, 0.25) is 0 Å². The molecule has 0 aliphatic carbocycles. The van der Waals surface area contributed by atoms with Crippen molar-refractivity contribution >= 4 is 11.9 Å². The summed E-state index contributed by atoms with van der Waals surface area (Å²) in [7, 11) is 0. The van der Waals surface area contributed by atoms with Crippen LogP contribution >= 0.6 is 0 Å². The predicted octanol–water partition coefficient (Wildman–Crippen LogP) is 1.10. The van der Waals surface area contributed by atoms with Gasteiger partial charge in [-0.3, -0.25) is 14.6 Å². The Morgan fingerprint density at radius 2 is 2.18 bits per heavy atom. The molecule has 17 heavy (non-hydrogen) atoms. The molecule has 1 N–H and O–H groups in total. The molecule has 6 nitrogen and oxygen atoms in total. The van der Waals surface area contributed by atoms with Crippen molar-refractivity contribution < 1.29 is 9.59 Å². The lowest BCUT2D eigenvalue weighted by molar-refractivity contribution is -0.124. The summed E-state index contributed by atoms with van der Waals surface area (Å²) in [4.78, 5) is 33.2. The fourth-order valence-corrected chi connectivity index (χ4v) is 1.75. The molecule has 0 unspecified atom stereocenters. The van der Waals surface area contributed by atoms with E-state index in [1.54, 1.807) is 20.0 Å². The second kappa shape index (κ2) is 4.04. The normalized spacial score (nSPS) is 16.5. The molecule has 0 radical (unpaired) electrons. The van der Waals surface area contributed by atoms with E-state index in [9.17, 15) is 9.59 Å². The first-order chi connectivity index (χ1) is 8.02. The van der Waals surface area contributed by atoms with Crippen molar-refractivity contribution in [3.05, 3.63) is 30.5 Å². The second-order valence-corrected chi connectivity index (χ2v) is 4.16. The molecule has 0 bridgehead atoms. The van der Waals surface area contributed by atoms with Crippen molar-refractivity contribution in [3.63, 3.8) is 0 Å². The van der Waals surface area contributed by atoms with E-state index in [0.717, 1.165) is 5.69 Å². The Balaban J connectivity index is 2.22. The third kappa shape index (κ3) is 1.82. The molecule has 1 fully saturated rings. The average Bonchev–Trinajstić information content (AvgIpc) is 2.82. The summed E-state index contributed by atoms with van der Waals surface area (Å²) in [6.07, 6.45) is 3.14. The minimum absolute atomic E-state index is 0.168. The van der Waals surface area contributed by atoms with Crippen molar-refractivity contribution in [1.82, 2.24) is 19.8 Å². The number of H-pyrrole nitrogens is 1. The highest BCUT2D eigenvalue weighted by Crippen LogP contribution is 2.23. The maximum atomic E-state index is 12.0. The smallest absolute Gasteiger partial charge is 0.332 e. The summed E-state index contributed by atoms with van der Waals surface area (Å²) in [5, 5.41) is 0. The lowest BCUT2D eigenvalue weighted by Gasteiger charge is -2.18. The number of nitrogens with one attached hydrogen (secondary N) is 1. The van der Waals surface area contributed by atoms with E-state index in [-0.39, 0.29) is 30.2 Å². The topological polar surface area (TPSA) is 69.3 Å². The maximum absolute atomic E-state index is 12.0. The molecule has 3 amide bonds. The van der Waals surface area contributed by atoms with Gasteiger partial charge in [-0.05, 0) is 13.8 Å². The minimum Gasteiger partial charge on any atom is -0.347 e. The molecule has 0 aromatic carbocycles. The Morgan fingerprint density at radius 1 is 1.47 bits per heavy atom. The molecule has 0 spiro atoms. The molecular weight excluding hydrogens is 220 g/mol. The first-order valence-electron chi connectivity index (χ1n) is 5.33. The lowest BCUT2D eigenvalue weighted by atomic mass is 10.3. The van der Waals surface area contributed by atoms with Gasteiger partial charge in [0.2, 0.25) is 0 Å². The zero-order chi connectivity index (χ0) is 12.6. The van der Waals surface area contributed by atoms with Gasteiger partial charge in [0.15, 0.2) is 0 Å². The number of carbonyl (C=O) groups excluding carboxylic acids is 2. The van der Waals surface area contributed by atoms with Crippen LogP contribution in [0, 0.1) is 0 Å². The van der Waals surface area contributed by atoms with Gasteiger partial charge < -0.3 is 4.98 Å². The van der Waals surface area contributed by atoms with Crippen LogP contribution in [0.3, 0.4) is 0 Å².